The van der Waals surface area contributed by atoms with Crippen LogP contribution in [0.3, 0.4) is 0 Å². The zero-order valence-electron chi connectivity index (χ0n) is 11.7. The Bertz CT molecular complexity index is 665. The lowest BCUT2D eigenvalue weighted by molar-refractivity contribution is 0.414. The summed E-state index contributed by atoms with van der Waals surface area (Å²) in [4.78, 5) is 4.47. The molecule has 1 unspecified atom stereocenters. The van der Waals surface area contributed by atoms with Crippen LogP contribution in [-0.2, 0) is 0 Å². The van der Waals surface area contributed by atoms with Gasteiger partial charge < -0.3 is 10.1 Å². The Balaban J connectivity index is 1.85. The molecule has 4 heteroatoms. The molecule has 0 amide bonds. The van der Waals surface area contributed by atoms with Gasteiger partial charge in [0.15, 0.2) is 5.11 Å². The number of hydrogen-bond donors (Lipinski definition) is 1. The van der Waals surface area contributed by atoms with Crippen LogP contribution in [0.5, 0.6) is 5.75 Å². The van der Waals surface area contributed by atoms with E-state index in [1.54, 1.807) is 7.11 Å². The Kier molecular flexibility index (Phi) is 3.97. The van der Waals surface area contributed by atoms with Gasteiger partial charge in [0.2, 0.25) is 0 Å². The number of benzene rings is 2. The van der Waals surface area contributed by atoms with Gasteiger partial charge in [0, 0.05) is 6.42 Å². The van der Waals surface area contributed by atoms with Crippen LogP contribution in [0.25, 0.3) is 0 Å². The number of hydrogen-bond acceptors (Lipinski definition) is 2. The van der Waals surface area contributed by atoms with Gasteiger partial charge in [0.1, 0.15) is 5.75 Å². The van der Waals surface area contributed by atoms with Crippen molar-refractivity contribution in [1.82, 2.24) is 5.32 Å². The van der Waals surface area contributed by atoms with E-state index < -0.39 is 0 Å². The van der Waals surface area contributed by atoms with Gasteiger partial charge in [-0.2, -0.15) is 0 Å². The minimum atomic E-state index is 0.149. The molecule has 2 aromatic carbocycles. The van der Waals surface area contributed by atoms with E-state index in [1.165, 1.54) is 5.56 Å². The summed E-state index contributed by atoms with van der Waals surface area (Å²) in [5.41, 5.74) is 3.33. The van der Waals surface area contributed by atoms with Crippen LogP contribution in [0.1, 0.15) is 23.6 Å². The van der Waals surface area contributed by atoms with Crippen molar-refractivity contribution in [2.24, 2.45) is 4.99 Å². The van der Waals surface area contributed by atoms with E-state index in [-0.39, 0.29) is 6.04 Å². The molecule has 1 heterocycles. The number of aliphatic imine (C=N–C) groups is 1. The third-order valence-electron chi connectivity index (χ3n) is 3.56. The molecule has 0 saturated heterocycles. The number of ether oxygens (including phenoxy) is 1. The first-order chi connectivity index (χ1) is 10.3. The van der Waals surface area contributed by atoms with Crippen LogP contribution in [0, 0.1) is 0 Å². The highest BCUT2D eigenvalue weighted by Crippen LogP contribution is 2.25. The summed E-state index contributed by atoms with van der Waals surface area (Å²) in [6.45, 7) is 0. The molecule has 0 fully saturated rings. The van der Waals surface area contributed by atoms with Crippen molar-refractivity contribution in [3.05, 3.63) is 65.7 Å². The maximum absolute atomic E-state index is 5.29. The van der Waals surface area contributed by atoms with Crippen molar-refractivity contribution in [3.63, 3.8) is 0 Å². The minimum absolute atomic E-state index is 0.149. The molecule has 0 saturated carbocycles. The molecule has 1 atom stereocenters. The average molecular weight is 296 g/mol. The summed E-state index contributed by atoms with van der Waals surface area (Å²) in [7, 11) is 1.67. The molecule has 0 radical (unpaired) electrons. The third kappa shape index (κ3) is 3.11. The van der Waals surface area contributed by atoms with Crippen LogP contribution >= 0.6 is 12.2 Å². The molecule has 2 aromatic rings. The second-order valence-corrected chi connectivity index (χ2v) is 5.29. The summed E-state index contributed by atoms with van der Waals surface area (Å²) in [5.74, 6) is 0.856. The van der Waals surface area contributed by atoms with E-state index >= 15 is 0 Å². The Labute approximate surface area is 129 Å². The molecule has 0 aromatic heterocycles. The summed E-state index contributed by atoms with van der Waals surface area (Å²) in [6, 6.07) is 18.4. The van der Waals surface area contributed by atoms with Crippen molar-refractivity contribution in [2.75, 3.05) is 7.11 Å². The standard InChI is InChI=1S/C17H16N2OS/c1-20-14-9-7-13(8-10-14)16-11-15(18-17(21)19-16)12-5-3-2-4-6-12/h2-10,16H,11H2,1H3,(H,19,21). The summed E-state index contributed by atoms with van der Waals surface area (Å²) in [5, 5.41) is 3.82. The van der Waals surface area contributed by atoms with Gasteiger partial charge in [0.05, 0.1) is 18.9 Å². The Morgan fingerprint density at radius 3 is 2.48 bits per heavy atom. The molecule has 1 aliphatic rings. The molecule has 0 spiro atoms. The fourth-order valence-corrected chi connectivity index (χ4v) is 2.70. The smallest absolute Gasteiger partial charge is 0.193 e. The summed E-state index contributed by atoms with van der Waals surface area (Å²) >= 11 is 5.29. The number of nitrogens with zero attached hydrogens (tertiary/aromatic N) is 1. The van der Waals surface area contributed by atoms with Crippen molar-refractivity contribution >= 4 is 23.0 Å². The number of rotatable bonds is 3. The topological polar surface area (TPSA) is 33.6 Å². The fourth-order valence-electron chi connectivity index (χ4n) is 2.44. The first kappa shape index (κ1) is 13.8. The molecule has 21 heavy (non-hydrogen) atoms. The molecule has 0 bridgehead atoms. The van der Waals surface area contributed by atoms with Gasteiger partial charge in [-0.05, 0) is 35.5 Å². The van der Waals surface area contributed by atoms with Crippen molar-refractivity contribution in [3.8, 4) is 5.75 Å². The predicted molar refractivity (Wildman–Crippen MR) is 89.1 cm³/mol. The lowest BCUT2D eigenvalue weighted by atomic mass is 9.96. The Morgan fingerprint density at radius 1 is 1.10 bits per heavy atom. The molecule has 3 nitrogen and oxygen atoms in total. The van der Waals surface area contributed by atoms with E-state index in [2.05, 4.69) is 34.6 Å². The van der Waals surface area contributed by atoms with Gasteiger partial charge in [-0.3, -0.25) is 0 Å². The molecule has 106 valence electrons. The minimum Gasteiger partial charge on any atom is -0.497 e. The van der Waals surface area contributed by atoms with E-state index in [1.807, 2.05) is 30.3 Å². The van der Waals surface area contributed by atoms with E-state index in [9.17, 15) is 0 Å². The lowest BCUT2D eigenvalue weighted by Crippen LogP contribution is -2.33. The zero-order chi connectivity index (χ0) is 14.7. The Hall–Kier alpha value is -2.20. The highest BCUT2D eigenvalue weighted by atomic mass is 32.1. The molecule has 3 rings (SSSR count). The lowest BCUT2D eigenvalue weighted by Gasteiger charge is -2.25. The highest BCUT2D eigenvalue weighted by Gasteiger charge is 2.21. The maximum atomic E-state index is 5.29. The number of nitrogens with one attached hydrogen (secondary N) is 1. The largest absolute Gasteiger partial charge is 0.497 e. The van der Waals surface area contributed by atoms with E-state index in [4.69, 9.17) is 17.0 Å². The maximum Gasteiger partial charge on any atom is 0.193 e. The molecular formula is C17H16N2OS. The second-order valence-electron chi connectivity index (χ2n) is 4.90. The SMILES string of the molecule is COc1ccc(C2CC(c3ccccc3)=NC(=S)N2)cc1. The Morgan fingerprint density at radius 2 is 1.81 bits per heavy atom. The molecule has 1 aliphatic heterocycles. The highest BCUT2D eigenvalue weighted by molar-refractivity contribution is 7.80. The second kappa shape index (κ2) is 6.06. The van der Waals surface area contributed by atoms with Gasteiger partial charge >= 0.3 is 0 Å². The summed E-state index contributed by atoms with van der Waals surface area (Å²) < 4.78 is 5.20. The van der Waals surface area contributed by atoms with E-state index in [0.717, 1.165) is 23.4 Å². The van der Waals surface area contributed by atoms with Crippen LogP contribution in [0.2, 0.25) is 0 Å². The van der Waals surface area contributed by atoms with E-state index in [0.29, 0.717) is 5.11 Å². The third-order valence-corrected chi connectivity index (χ3v) is 3.77. The average Bonchev–Trinajstić information content (AvgIpc) is 2.55. The molecule has 0 aliphatic carbocycles. The van der Waals surface area contributed by atoms with Gasteiger partial charge in [0.25, 0.3) is 0 Å². The first-order valence-electron chi connectivity index (χ1n) is 6.83. The zero-order valence-corrected chi connectivity index (χ0v) is 12.6. The molecular weight excluding hydrogens is 280 g/mol. The van der Waals surface area contributed by atoms with Gasteiger partial charge in [-0.15, -0.1) is 0 Å². The monoisotopic (exact) mass is 296 g/mol. The quantitative estimate of drug-likeness (QED) is 0.880. The summed E-state index contributed by atoms with van der Waals surface area (Å²) in [6.07, 6.45) is 0.816. The first-order valence-corrected chi connectivity index (χ1v) is 7.24. The van der Waals surface area contributed by atoms with Crippen LogP contribution < -0.4 is 10.1 Å². The molecule has 1 N–H and O–H groups in total. The van der Waals surface area contributed by atoms with Crippen molar-refractivity contribution in [1.29, 1.82) is 0 Å². The fraction of sp³-hybridized carbons (Fsp3) is 0.176. The van der Waals surface area contributed by atoms with Gasteiger partial charge in [-0.25, -0.2) is 4.99 Å². The van der Waals surface area contributed by atoms with Gasteiger partial charge in [-0.1, -0.05) is 42.5 Å². The van der Waals surface area contributed by atoms with Crippen LogP contribution in [0.4, 0.5) is 0 Å². The van der Waals surface area contributed by atoms with Crippen molar-refractivity contribution < 1.29 is 4.74 Å². The normalized spacial score (nSPS) is 17.9. The predicted octanol–water partition coefficient (Wildman–Crippen LogP) is 3.50. The number of thiocarbonyl (C=S) groups is 1. The van der Waals surface area contributed by atoms with Crippen molar-refractivity contribution in [2.45, 2.75) is 12.5 Å². The van der Waals surface area contributed by atoms with Crippen LogP contribution in [-0.4, -0.2) is 17.9 Å². The van der Waals surface area contributed by atoms with Crippen LogP contribution in [0.15, 0.2) is 59.6 Å². The number of methoxy groups -OCH3 is 1.